The summed E-state index contributed by atoms with van der Waals surface area (Å²) in [5.41, 5.74) is 1.67. The molecule has 1 aromatic heterocycles. The molecule has 0 spiro atoms. The number of rotatable bonds is 0. The predicted octanol–water partition coefficient (Wildman–Crippen LogP) is 2.12. The summed E-state index contributed by atoms with van der Waals surface area (Å²) in [5.74, 6) is 0.217. The Bertz CT molecular complexity index is 552. The quantitative estimate of drug-likeness (QED) is 0.647. The highest BCUT2D eigenvalue weighted by atomic mass is 16.4. The Hall–Kier alpha value is -1.77. The Balaban J connectivity index is 2.96. The molecule has 72 valence electrons. The second-order valence-corrected chi connectivity index (χ2v) is 3.38. The van der Waals surface area contributed by atoms with E-state index in [0.717, 1.165) is 10.9 Å². The largest absolute Gasteiger partial charge is 0.508 e. The second-order valence-electron chi connectivity index (χ2n) is 3.38. The maximum atomic E-state index is 11.1. The lowest BCUT2D eigenvalue weighted by Crippen LogP contribution is -1.97. The van der Waals surface area contributed by atoms with Crippen molar-refractivity contribution < 1.29 is 9.52 Å². The minimum atomic E-state index is -0.361. The molecule has 0 saturated heterocycles. The lowest BCUT2D eigenvalue weighted by atomic mass is 10.1. The summed E-state index contributed by atoms with van der Waals surface area (Å²) in [7, 11) is 0. The van der Waals surface area contributed by atoms with Crippen molar-refractivity contribution in [3.63, 3.8) is 0 Å². The summed E-state index contributed by atoms with van der Waals surface area (Å²) in [6.45, 7) is 3.57. The highest BCUT2D eigenvalue weighted by Gasteiger charge is 2.05. The second kappa shape index (κ2) is 2.87. The molecule has 2 aromatic rings. The SMILES string of the molecule is Cc1cc2oc(=O)cc(C)c2cc1O. The predicted molar refractivity (Wildman–Crippen MR) is 53.6 cm³/mol. The monoisotopic (exact) mass is 190 g/mol. The summed E-state index contributed by atoms with van der Waals surface area (Å²) in [4.78, 5) is 11.1. The topological polar surface area (TPSA) is 50.4 Å². The molecule has 0 radical (unpaired) electrons. The van der Waals surface area contributed by atoms with Crippen molar-refractivity contribution in [3.05, 3.63) is 39.7 Å². The van der Waals surface area contributed by atoms with Crippen LogP contribution < -0.4 is 5.63 Å². The Morgan fingerprint density at radius 2 is 1.86 bits per heavy atom. The van der Waals surface area contributed by atoms with Crippen LogP contribution in [0.3, 0.4) is 0 Å². The van der Waals surface area contributed by atoms with Crippen LogP contribution in [0.25, 0.3) is 11.0 Å². The van der Waals surface area contributed by atoms with Gasteiger partial charge in [-0.1, -0.05) is 0 Å². The summed E-state index contributed by atoms with van der Waals surface area (Å²) in [6, 6.07) is 4.69. The first-order valence-electron chi connectivity index (χ1n) is 4.32. The van der Waals surface area contributed by atoms with Crippen LogP contribution in [0.2, 0.25) is 0 Å². The van der Waals surface area contributed by atoms with E-state index in [2.05, 4.69) is 0 Å². The third kappa shape index (κ3) is 1.27. The van der Waals surface area contributed by atoms with Gasteiger partial charge in [0.15, 0.2) is 0 Å². The molecule has 0 aliphatic rings. The van der Waals surface area contributed by atoms with E-state index in [4.69, 9.17) is 4.42 Å². The molecular weight excluding hydrogens is 180 g/mol. The number of benzene rings is 1. The highest BCUT2D eigenvalue weighted by molar-refractivity contribution is 5.82. The molecule has 0 unspecified atom stereocenters. The third-order valence-corrected chi connectivity index (χ3v) is 2.27. The molecule has 0 saturated carbocycles. The molecule has 0 bridgehead atoms. The van der Waals surface area contributed by atoms with Gasteiger partial charge in [0.05, 0.1) is 0 Å². The first-order valence-corrected chi connectivity index (χ1v) is 4.32. The summed E-state index contributed by atoms with van der Waals surface area (Å²) >= 11 is 0. The molecule has 0 atom stereocenters. The van der Waals surface area contributed by atoms with Crippen LogP contribution in [0.1, 0.15) is 11.1 Å². The van der Waals surface area contributed by atoms with Gasteiger partial charge in [-0.25, -0.2) is 4.79 Å². The number of phenolic OH excluding ortho intramolecular Hbond substituents is 1. The van der Waals surface area contributed by atoms with Gasteiger partial charge in [-0.15, -0.1) is 0 Å². The number of phenols is 1. The molecule has 0 amide bonds. The van der Waals surface area contributed by atoms with E-state index >= 15 is 0 Å². The molecule has 0 aliphatic heterocycles. The van der Waals surface area contributed by atoms with Gasteiger partial charge in [0.25, 0.3) is 0 Å². The summed E-state index contributed by atoms with van der Waals surface area (Å²) < 4.78 is 5.01. The lowest BCUT2D eigenvalue weighted by Gasteiger charge is -2.03. The average Bonchev–Trinajstić information content (AvgIpc) is 2.08. The maximum absolute atomic E-state index is 11.1. The lowest BCUT2D eigenvalue weighted by molar-refractivity contribution is 0.471. The molecule has 3 nitrogen and oxygen atoms in total. The third-order valence-electron chi connectivity index (χ3n) is 2.27. The molecule has 0 aliphatic carbocycles. The Labute approximate surface area is 80.6 Å². The van der Waals surface area contributed by atoms with Gasteiger partial charge in [-0.05, 0) is 37.1 Å². The van der Waals surface area contributed by atoms with E-state index in [9.17, 15) is 9.90 Å². The fourth-order valence-electron chi connectivity index (χ4n) is 1.45. The van der Waals surface area contributed by atoms with E-state index in [-0.39, 0.29) is 11.4 Å². The molecule has 1 heterocycles. The first-order chi connectivity index (χ1) is 6.58. The van der Waals surface area contributed by atoms with Crippen LogP contribution in [0, 0.1) is 13.8 Å². The fraction of sp³-hybridized carbons (Fsp3) is 0.182. The molecule has 14 heavy (non-hydrogen) atoms. The van der Waals surface area contributed by atoms with E-state index in [1.807, 2.05) is 6.92 Å². The number of hydrogen-bond acceptors (Lipinski definition) is 3. The normalized spacial score (nSPS) is 10.7. The van der Waals surface area contributed by atoms with Crippen molar-refractivity contribution >= 4 is 11.0 Å². The van der Waals surface area contributed by atoms with Crippen LogP contribution in [0.4, 0.5) is 0 Å². The summed E-state index contributed by atoms with van der Waals surface area (Å²) in [5, 5.41) is 10.3. The number of aromatic hydroxyl groups is 1. The maximum Gasteiger partial charge on any atom is 0.336 e. The molecule has 0 fully saturated rings. The Kier molecular flexibility index (Phi) is 1.81. The number of fused-ring (bicyclic) bond motifs is 1. The molecule has 3 heteroatoms. The number of hydrogen-bond donors (Lipinski definition) is 1. The minimum absolute atomic E-state index is 0.217. The van der Waals surface area contributed by atoms with Gasteiger partial charge in [-0.2, -0.15) is 0 Å². The van der Waals surface area contributed by atoms with Crippen molar-refractivity contribution in [1.29, 1.82) is 0 Å². The van der Waals surface area contributed by atoms with E-state index in [1.165, 1.54) is 6.07 Å². The summed E-state index contributed by atoms with van der Waals surface area (Å²) in [6.07, 6.45) is 0. The van der Waals surface area contributed by atoms with E-state index < -0.39 is 0 Å². The molecular formula is C11H10O3. The van der Waals surface area contributed by atoms with Crippen LogP contribution >= 0.6 is 0 Å². The highest BCUT2D eigenvalue weighted by Crippen LogP contribution is 2.25. The zero-order chi connectivity index (χ0) is 10.3. The van der Waals surface area contributed by atoms with Crippen molar-refractivity contribution in [2.24, 2.45) is 0 Å². The minimum Gasteiger partial charge on any atom is -0.508 e. The number of aryl methyl sites for hydroxylation is 2. The zero-order valence-corrected chi connectivity index (χ0v) is 8.00. The first kappa shape index (κ1) is 8.81. The van der Waals surface area contributed by atoms with Crippen molar-refractivity contribution in [3.8, 4) is 5.75 Å². The van der Waals surface area contributed by atoms with Gasteiger partial charge < -0.3 is 9.52 Å². The van der Waals surface area contributed by atoms with Crippen LogP contribution in [0.15, 0.2) is 27.4 Å². The van der Waals surface area contributed by atoms with Gasteiger partial charge >= 0.3 is 5.63 Å². The van der Waals surface area contributed by atoms with Gasteiger partial charge in [0.1, 0.15) is 11.3 Å². The van der Waals surface area contributed by atoms with Crippen molar-refractivity contribution in [2.45, 2.75) is 13.8 Å². The van der Waals surface area contributed by atoms with Gasteiger partial charge in [-0.3, -0.25) is 0 Å². The smallest absolute Gasteiger partial charge is 0.336 e. The van der Waals surface area contributed by atoms with Crippen LogP contribution in [-0.2, 0) is 0 Å². The van der Waals surface area contributed by atoms with Crippen LogP contribution in [0.5, 0.6) is 5.75 Å². The van der Waals surface area contributed by atoms with E-state index in [1.54, 1.807) is 19.1 Å². The zero-order valence-electron chi connectivity index (χ0n) is 8.00. The van der Waals surface area contributed by atoms with Crippen molar-refractivity contribution in [1.82, 2.24) is 0 Å². The average molecular weight is 190 g/mol. The van der Waals surface area contributed by atoms with E-state index in [0.29, 0.717) is 11.1 Å². The standard InChI is InChI=1S/C11H10O3/c1-6-4-11(13)14-10-3-7(2)9(12)5-8(6)10/h3-5,12H,1-2H3. The Morgan fingerprint density at radius 3 is 2.57 bits per heavy atom. The van der Waals surface area contributed by atoms with Crippen LogP contribution in [-0.4, -0.2) is 5.11 Å². The molecule has 1 aromatic carbocycles. The Morgan fingerprint density at radius 1 is 1.14 bits per heavy atom. The fourth-order valence-corrected chi connectivity index (χ4v) is 1.45. The van der Waals surface area contributed by atoms with Gasteiger partial charge in [0, 0.05) is 11.5 Å². The molecule has 2 rings (SSSR count). The van der Waals surface area contributed by atoms with Crippen molar-refractivity contribution in [2.75, 3.05) is 0 Å². The molecule has 1 N–H and O–H groups in total. The van der Waals surface area contributed by atoms with Gasteiger partial charge in [0.2, 0.25) is 0 Å².